The van der Waals surface area contributed by atoms with Crippen LogP contribution in [-0.4, -0.2) is 59.1 Å². The number of carbonyl (C=O) groups excluding carboxylic acids is 1. The maximum absolute atomic E-state index is 12.8. The molecule has 2 heterocycles. The third kappa shape index (κ3) is 6.64. The summed E-state index contributed by atoms with van der Waals surface area (Å²) in [4.78, 5) is 27.7. The van der Waals surface area contributed by atoms with Crippen LogP contribution in [0.1, 0.15) is 61.5 Å². The molecule has 0 radical (unpaired) electrons. The Kier molecular flexibility index (Phi) is 8.99. The highest BCUT2D eigenvalue weighted by Gasteiger charge is 2.45. The Labute approximate surface area is 208 Å². The van der Waals surface area contributed by atoms with Gasteiger partial charge in [-0.1, -0.05) is 30.3 Å². The van der Waals surface area contributed by atoms with Crippen molar-refractivity contribution in [3.8, 4) is 0 Å². The van der Waals surface area contributed by atoms with Crippen LogP contribution in [0.3, 0.4) is 0 Å². The monoisotopic (exact) mass is 510 g/mol. The maximum atomic E-state index is 12.8. The number of carboxylic acid groups (broad SMARTS) is 1. The van der Waals surface area contributed by atoms with Crippen molar-refractivity contribution in [3.63, 3.8) is 0 Å². The van der Waals surface area contributed by atoms with Gasteiger partial charge in [0, 0.05) is 30.9 Å². The van der Waals surface area contributed by atoms with Gasteiger partial charge >= 0.3 is 12.1 Å². The molecule has 1 saturated heterocycles. The van der Waals surface area contributed by atoms with Crippen molar-refractivity contribution in [2.24, 2.45) is 0 Å². The van der Waals surface area contributed by atoms with Crippen molar-refractivity contribution in [3.05, 3.63) is 57.8 Å². The summed E-state index contributed by atoms with van der Waals surface area (Å²) in [6.45, 7) is 9.17. The fourth-order valence-electron chi connectivity index (χ4n) is 5.36. The third-order valence-electron chi connectivity index (χ3n) is 7.16. The van der Waals surface area contributed by atoms with Crippen LogP contribution in [0, 0.1) is 0 Å². The largest absolute Gasteiger partial charge is 0.490 e. The van der Waals surface area contributed by atoms with Crippen LogP contribution in [0.4, 0.5) is 13.2 Å². The molecule has 1 unspecified atom stereocenters. The van der Waals surface area contributed by atoms with Gasteiger partial charge < -0.3 is 10.0 Å². The molecule has 1 fully saturated rings. The van der Waals surface area contributed by atoms with Gasteiger partial charge in [0.1, 0.15) is 0 Å². The normalized spacial score (nSPS) is 19.1. The molecule has 1 amide bonds. The predicted molar refractivity (Wildman–Crippen MR) is 131 cm³/mol. The minimum atomic E-state index is -5.08. The summed E-state index contributed by atoms with van der Waals surface area (Å²) in [7, 11) is 0. The Morgan fingerprint density at radius 1 is 1.11 bits per heavy atom. The summed E-state index contributed by atoms with van der Waals surface area (Å²) in [6.07, 6.45) is -0.845. The Hall–Kier alpha value is -2.39. The number of nitrogens with zero attached hydrogens (tertiary/aromatic N) is 2. The first-order valence-corrected chi connectivity index (χ1v) is 12.9. The van der Waals surface area contributed by atoms with Gasteiger partial charge in [-0.2, -0.15) is 13.2 Å². The van der Waals surface area contributed by atoms with E-state index in [-0.39, 0.29) is 5.41 Å². The Bertz CT molecular complexity index is 982. The highest BCUT2D eigenvalue weighted by molar-refractivity contribution is 7.09. The van der Waals surface area contributed by atoms with Crippen molar-refractivity contribution < 1.29 is 27.9 Å². The molecule has 1 spiro atoms. The number of amides is 1. The highest BCUT2D eigenvalue weighted by atomic mass is 32.1. The number of hydrogen-bond acceptors (Lipinski definition) is 4. The molecule has 192 valence electrons. The molecular formula is C26H33F3N2O3S. The molecule has 1 aliphatic carbocycles. The number of thiophene rings is 1. The minimum Gasteiger partial charge on any atom is -0.475 e. The molecule has 1 N–H and O–H groups in total. The average molecular weight is 511 g/mol. The third-order valence-corrected chi connectivity index (χ3v) is 8.02. The molecule has 1 aliphatic heterocycles. The first kappa shape index (κ1) is 27.2. The number of halogens is 3. The first-order chi connectivity index (χ1) is 16.6. The van der Waals surface area contributed by atoms with Crippen molar-refractivity contribution in [2.45, 2.75) is 63.6 Å². The van der Waals surface area contributed by atoms with Crippen molar-refractivity contribution in [1.82, 2.24) is 9.80 Å². The van der Waals surface area contributed by atoms with E-state index in [4.69, 9.17) is 9.90 Å². The predicted octanol–water partition coefficient (Wildman–Crippen LogP) is 5.66. The van der Waals surface area contributed by atoms with Gasteiger partial charge in [-0.05, 0) is 80.1 Å². The van der Waals surface area contributed by atoms with Gasteiger partial charge in [0.25, 0.3) is 0 Å². The zero-order valence-corrected chi connectivity index (χ0v) is 21.0. The molecule has 1 aromatic carbocycles. The Morgan fingerprint density at radius 2 is 1.74 bits per heavy atom. The lowest BCUT2D eigenvalue weighted by atomic mass is 9.73. The zero-order valence-electron chi connectivity index (χ0n) is 20.2. The molecule has 35 heavy (non-hydrogen) atoms. The van der Waals surface area contributed by atoms with Gasteiger partial charge in [-0.3, -0.25) is 9.69 Å². The second-order valence-corrected chi connectivity index (χ2v) is 10.2. The second kappa shape index (κ2) is 11.6. The lowest BCUT2D eigenvalue weighted by molar-refractivity contribution is -0.192. The maximum Gasteiger partial charge on any atom is 0.490 e. The van der Waals surface area contributed by atoms with E-state index in [1.165, 1.54) is 28.8 Å². The van der Waals surface area contributed by atoms with E-state index in [9.17, 15) is 18.0 Å². The van der Waals surface area contributed by atoms with Crippen molar-refractivity contribution in [2.75, 3.05) is 26.2 Å². The quantitative estimate of drug-likeness (QED) is 0.545. The molecule has 4 rings (SSSR count). The van der Waals surface area contributed by atoms with Crippen LogP contribution in [0.25, 0.3) is 0 Å². The van der Waals surface area contributed by atoms with Gasteiger partial charge in [-0.25, -0.2) is 4.79 Å². The van der Waals surface area contributed by atoms with Crippen molar-refractivity contribution >= 4 is 23.2 Å². The minimum absolute atomic E-state index is 0.275. The molecule has 0 saturated carbocycles. The molecule has 5 nitrogen and oxygen atoms in total. The fraction of sp³-hybridized carbons (Fsp3) is 0.538. The van der Waals surface area contributed by atoms with Gasteiger partial charge in [0.05, 0.1) is 0 Å². The van der Waals surface area contributed by atoms with Crippen LogP contribution in [0.5, 0.6) is 0 Å². The van der Waals surface area contributed by atoms with Crippen LogP contribution in [0.2, 0.25) is 0 Å². The van der Waals surface area contributed by atoms with Crippen LogP contribution in [0.15, 0.2) is 41.8 Å². The van der Waals surface area contributed by atoms with E-state index >= 15 is 0 Å². The smallest absolute Gasteiger partial charge is 0.475 e. The van der Waals surface area contributed by atoms with E-state index in [1.807, 2.05) is 16.2 Å². The van der Waals surface area contributed by atoms with E-state index < -0.39 is 12.1 Å². The number of rotatable bonds is 6. The number of aliphatic carboxylic acids is 1. The standard InChI is InChI=1S/C24H32N2OS.C2HF3O2/c1-3-26(4-2)23(27)16-19-17-24(22-10-6-5-9-21(19)22)11-13-25(14-12-24)18-20-8-7-15-28-20;3-2(4,5)1(6)7/h5-10,15,19H,3-4,11-14,16-18H2,1-2H3;(H,6,7). The number of fused-ring (bicyclic) bond motifs is 2. The summed E-state index contributed by atoms with van der Waals surface area (Å²) >= 11 is 1.86. The van der Waals surface area contributed by atoms with Gasteiger partial charge in [-0.15, -0.1) is 11.3 Å². The number of piperidine rings is 1. The van der Waals surface area contributed by atoms with Gasteiger partial charge in [0.15, 0.2) is 0 Å². The van der Waals surface area contributed by atoms with Crippen LogP contribution in [-0.2, 0) is 21.5 Å². The summed E-state index contributed by atoms with van der Waals surface area (Å²) in [5.74, 6) is -2.06. The number of benzene rings is 1. The number of alkyl halides is 3. The number of hydrogen-bond donors (Lipinski definition) is 1. The summed E-state index contributed by atoms with van der Waals surface area (Å²) < 4.78 is 31.7. The van der Waals surface area contributed by atoms with Crippen LogP contribution >= 0.6 is 11.3 Å². The van der Waals surface area contributed by atoms with Crippen molar-refractivity contribution in [1.29, 1.82) is 0 Å². The zero-order chi connectivity index (χ0) is 25.6. The second-order valence-electron chi connectivity index (χ2n) is 9.20. The molecule has 2 aliphatic rings. The summed E-state index contributed by atoms with van der Waals surface area (Å²) in [5, 5.41) is 9.30. The molecule has 2 aromatic rings. The number of carbonyl (C=O) groups is 2. The fourth-order valence-corrected chi connectivity index (χ4v) is 6.11. The molecule has 1 atom stereocenters. The highest BCUT2D eigenvalue weighted by Crippen LogP contribution is 2.52. The average Bonchev–Trinajstić information content (AvgIpc) is 3.43. The number of carboxylic acids is 1. The Morgan fingerprint density at radius 3 is 2.29 bits per heavy atom. The Balaban J connectivity index is 0.000000429. The number of likely N-dealkylation sites (tertiary alicyclic amines) is 1. The molecule has 0 bridgehead atoms. The first-order valence-electron chi connectivity index (χ1n) is 12.0. The van der Waals surface area contributed by atoms with Gasteiger partial charge in [0.2, 0.25) is 5.91 Å². The van der Waals surface area contributed by atoms with Crippen LogP contribution < -0.4 is 0 Å². The van der Waals surface area contributed by atoms with E-state index in [1.54, 1.807) is 0 Å². The SMILES string of the molecule is CCN(CC)C(=O)CC1CC2(CCN(Cc3cccs3)CC2)c2ccccc21.O=C(O)C(F)(F)F. The topological polar surface area (TPSA) is 60.9 Å². The summed E-state index contributed by atoms with van der Waals surface area (Å²) in [6, 6.07) is 13.4. The lowest BCUT2D eigenvalue weighted by Gasteiger charge is -2.40. The molecule has 1 aromatic heterocycles. The molecule has 9 heteroatoms. The lowest BCUT2D eigenvalue weighted by Crippen LogP contribution is -2.41. The molecular weight excluding hydrogens is 477 g/mol. The van der Waals surface area contributed by atoms with E-state index in [0.717, 1.165) is 39.1 Å². The summed E-state index contributed by atoms with van der Waals surface area (Å²) in [5.41, 5.74) is 3.24. The van der Waals surface area contributed by atoms with E-state index in [0.29, 0.717) is 18.2 Å². The van der Waals surface area contributed by atoms with E-state index in [2.05, 4.69) is 60.5 Å².